The molecule has 1 unspecified atom stereocenters. The van der Waals surface area contributed by atoms with Crippen molar-refractivity contribution in [2.45, 2.75) is 78.1 Å². The predicted octanol–water partition coefficient (Wildman–Crippen LogP) is 4.12. The van der Waals surface area contributed by atoms with Crippen molar-refractivity contribution in [2.75, 3.05) is 0 Å². The number of allylic oxidation sites excluding steroid dienone is 4. The Morgan fingerprint density at radius 1 is 1.31 bits per heavy atom. The largest absolute Gasteiger partial charge is 0.462 e. The first-order valence-corrected chi connectivity index (χ1v) is 10.9. The molecule has 0 aromatic heterocycles. The molecule has 0 aromatic carbocycles. The molecule has 160 valence electrons. The van der Waals surface area contributed by atoms with Crippen LogP contribution in [0.25, 0.3) is 0 Å². The summed E-state index contributed by atoms with van der Waals surface area (Å²) in [4.78, 5) is 24.1. The van der Waals surface area contributed by atoms with Gasteiger partial charge >= 0.3 is 11.9 Å². The van der Waals surface area contributed by atoms with Gasteiger partial charge in [-0.3, -0.25) is 4.79 Å². The molecule has 3 aliphatic rings. The number of carbonyl (C=O) groups excluding carboxylic acids is 2. The first-order chi connectivity index (χ1) is 13.8. The molecule has 0 aromatic rings. The van der Waals surface area contributed by atoms with E-state index in [2.05, 4.69) is 32.1 Å². The van der Waals surface area contributed by atoms with Crippen LogP contribution >= 0.6 is 0 Å². The Bertz CT molecular complexity index is 719. The van der Waals surface area contributed by atoms with Crippen LogP contribution in [0.4, 0.5) is 0 Å². The zero-order valence-corrected chi connectivity index (χ0v) is 18.0. The van der Waals surface area contributed by atoms with Gasteiger partial charge < -0.3 is 14.6 Å². The first-order valence-electron chi connectivity index (χ1n) is 10.9. The van der Waals surface area contributed by atoms with Crippen LogP contribution in [-0.4, -0.2) is 35.4 Å². The lowest BCUT2D eigenvalue weighted by Crippen LogP contribution is -2.41. The highest BCUT2D eigenvalue weighted by molar-refractivity contribution is 5.87. The minimum absolute atomic E-state index is 0.0921. The van der Waals surface area contributed by atoms with Crippen LogP contribution in [0.5, 0.6) is 0 Å². The maximum atomic E-state index is 12.5. The average Bonchev–Trinajstić information content (AvgIpc) is 2.65. The normalized spacial score (nSPS) is 37.4. The van der Waals surface area contributed by atoms with Crippen LogP contribution in [0.15, 0.2) is 35.5 Å². The second kappa shape index (κ2) is 9.29. The molecule has 2 aliphatic carbocycles. The van der Waals surface area contributed by atoms with Crippen molar-refractivity contribution in [2.24, 2.45) is 23.7 Å². The van der Waals surface area contributed by atoms with Crippen molar-refractivity contribution in [3.05, 3.63) is 35.5 Å². The lowest BCUT2D eigenvalue weighted by atomic mass is 9.65. The Morgan fingerprint density at radius 3 is 2.76 bits per heavy atom. The number of rotatable bonds is 5. The van der Waals surface area contributed by atoms with Crippen LogP contribution in [0.2, 0.25) is 0 Å². The standard InChI is InChI=1S/C24H34O5/c1-5-15(3)24(27)29-21-11-14(2)10-17-7-6-16(4)20(23(17)21)9-8-19-12-18(25)13-22(26)28-19/h5-7,10,14,16,18-21,23,25H,8-9,11-13H2,1-4H3/b15-5-/t14-,16-,18+,19+,20-,21-,23?/m0/s1. The van der Waals surface area contributed by atoms with E-state index in [1.165, 1.54) is 5.57 Å². The molecular formula is C24H34O5. The highest BCUT2D eigenvalue weighted by atomic mass is 16.5. The number of carbonyl (C=O) groups is 2. The van der Waals surface area contributed by atoms with E-state index in [-0.39, 0.29) is 36.5 Å². The molecule has 5 nitrogen and oxygen atoms in total. The van der Waals surface area contributed by atoms with Gasteiger partial charge in [0.1, 0.15) is 12.2 Å². The number of hydrogen-bond donors (Lipinski definition) is 1. The van der Waals surface area contributed by atoms with Gasteiger partial charge in [-0.2, -0.15) is 0 Å². The molecule has 1 aliphatic heterocycles. The number of cyclic esters (lactones) is 1. The third-order valence-corrected chi connectivity index (χ3v) is 6.67. The minimum Gasteiger partial charge on any atom is -0.462 e. The maximum absolute atomic E-state index is 12.5. The van der Waals surface area contributed by atoms with E-state index in [9.17, 15) is 14.7 Å². The van der Waals surface area contributed by atoms with Gasteiger partial charge in [-0.05, 0) is 56.4 Å². The monoisotopic (exact) mass is 402 g/mol. The molecule has 1 N–H and O–H groups in total. The van der Waals surface area contributed by atoms with Crippen LogP contribution in [0.1, 0.15) is 59.8 Å². The van der Waals surface area contributed by atoms with Crippen molar-refractivity contribution in [3.63, 3.8) is 0 Å². The molecule has 0 radical (unpaired) electrons. The van der Waals surface area contributed by atoms with Crippen molar-refractivity contribution in [3.8, 4) is 0 Å². The van der Waals surface area contributed by atoms with Crippen molar-refractivity contribution >= 4 is 11.9 Å². The second-order valence-electron chi connectivity index (χ2n) is 8.99. The van der Waals surface area contributed by atoms with E-state index < -0.39 is 6.10 Å². The summed E-state index contributed by atoms with van der Waals surface area (Å²) in [6.45, 7) is 8.00. The van der Waals surface area contributed by atoms with Crippen LogP contribution in [0, 0.1) is 23.7 Å². The van der Waals surface area contributed by atoms with Gasteiger partial charge in [0, 0.05) is 17.9 Å². The molecule has 0 bridgehead atoms. The van der Waals surface area contributed by atoms with Crippen molar-refractivity contribution < 1.29 is 24.2 Å². The number of fused-ring (bicyclic) bond motifs is 1. The molecule has 1 saturated heterocycles. The van der Waals surface area contributed by atoms with E-state index in [4.69, 9.17) is 9.47 Å². The lowest BCUT2D eigenvalue weighted by Gasteiger charge is -2.43. The first kappa shape index (κ1) is 21.8. The summed E-state index contributed by atoms with van der Waals surface area (Å²) in [5, 5.41) is 9.89. The molecule has 1 fully saturated rings. The van der Waals surface area contributed by atoms with Crippen LogP contribution < -0.4 is 0 Å². The maximum Gasteiger partial charge on any atom is 0.333 e. The summed E-state index contributed by atoms with van der Waals surface area (Å²) in [6, 6.07) is 0. The van der Waals surface area contributed by atoms with E-state index in [1.54, 1.807) is 13.0 Å². The van der Waals surface area contributed by atoms with Gasteiger partial charge in [0.25, 0.3) is 0 Å². The topological polar surface area (TPSA) is 72.8 Å². The van der Waals surface area contributed by atoms with E-state index >= 15 is 0 Å². The van der Waals surface area contributed by atoms with E-state index in [0.717, 1.165) is 19.3 Å². The molecule has 3 rings (SSSR count). The van der Waals surface area contributed by atoms with E-state index in [1.807, 2.05) is 6.92 Å². The molecule has 0 saturated carbocycles. The summed E-state index contributed by atoms with van der Waals surface area (Å²) in [5.41, 5.74) is 1.89. The smallest absolute Gasteiger partial charge is 0.333 e. The van der Waals surface area contributed by atoms with Crippen LogP contribution in [0.3, 0.4) is 0 Å². The number of aliphatic hydroxyl groups is 1. The summed E-state index contributed by atoms with van der Waals surface area (Å²) < 4.78 is 11.4. The summed E-state index contributed by atoms with van der Waals surface area (Å²) in [6.07, 6.45) is 10.5. The number of esters is 2. The summed E-state index contributed by atoms with van der Waals surface area (Å²) in [5.74, 6) is 0.614. The highest BCUT2D eigenvalue weighted by Crippen LogP contribution is 2.45. The second-order valence-corrected chi connectivity index (χ2v) is 8.99. The third kappa shape index (κ3) is 5.19. The molecular weight excluding hydrogens is 368 g/mol. The fraction of sp³-hybridized carbons (Fsp3) is 0.667. The summed E-state index contributed by atoms with van der Waals surface area (Å²) in [7, 11) is 0. The van der Waals surface area contributed by atoms with Gasteiger partial charge in [0.05, 0.1) is 12.5 Å². The predicted molar refractivity (Wildman–Crippen MR) is 111 cm³/mol. The molecule has 5 heteroatoms. The Labute approximate surface area is 173 Å². The SMILES string of the molecule is C/C=C(/C)C(=O)O[C@H]1C[C@@H](C)C=C2C=C[C@H](C)[C@H](CC[C@@H]3C[C@@H](O)CC(=O)O3)C21. The Kier molecular flexibility index (Phi) is 6.99. The average molecular weight is 403 g/mol. The Hall–Kier alpha value is -1.88. The zero-order chi connectivity index (χ0) is 21.1. The van der Waals surface area contributed by atoms with Gasteiger partial charge in [0.2, 0.25) is 0 Å². The highest BCUT2D eigenvalue weighted by Gasteiger charge is 2.42. The Morgan fingerprint density at radius 2 is 2.07 bits per heavy atom. The number of hydrogen-bond acceptors (Lipinski definition) is 5. The number of ether oxygens (including phenoxy) is 2. The van der Waals surface area contributed by atoms with Crippen molar-refractivity contribution in [1.29, 1.82) is 0 Å². The van der Waals surface area contributed by atoms with Gasteiger partial charge in [0.15, 0.2) is 0 Å². The molecule has 29 heavy (non-hydrogen) atoms. The molecule has 0 amide bonds. The van der Waals surface area contributed by atoms with Gasteiger partial charge in [-0.15, -0.1) is 0 Å². The Balaban J connectivity index is 1.76. The lowest BCUT2D eigenvalue weighted by molar-refractivity contribution is -0.161. The van der Waals surface area contributed by atoms with Crippen molar-refractivity contribution in [1.82, 2.24) is 0 Å². The van der Waals surface area contributed by atoms with Gasteiger partial charge in [-0.1, -0.05) is 38.2 Å². The quantitative estimate of drug-likeness (QED) is 0.553. The number of aliphatic hydroxyl groups excluding tert-OH is 1. The van der Waals surface area contributed by atoms with Crippen LogP contribution in [-0.2, 0) is 19.1 Å². The molecule has 1 heterocycles. The molecule has 0 spiro atoms. The zero-order valence-electron chi connectivity index (χ0n) is 18.0. The minimum atomic E-state index is -0.603. The fourth-order valence-corrected chi connectivity index (χ4v) is 4.99. The summed E-state index contributed by atoms with van der Waals surface area (Å²) >= 11 is 0. The van der Waals surface area contributed by atoms with E-state index in [0.29, 0.717) is 29.7 Å². The third-order valence-electron chi connectivity index (χ3n) is 6.67. The molecule has 7 atom stereocenters. The van der Waals surface area contributed by atoms with Gasteiger partial charge in [-0.25, -0.2) is 4.79 Å². The fourth-order valence-electron chi connectivity index (χ4n) is 4.99.